The Morgan fingerprint density at radius 3 is 2.59 bits per heavy atom. The minimum absolute atomic E-state index is 0.134. The lowest BCUT2D eigenvalue weighted by Crippen LogP contribution is -2.57. The van der Waals surface area contributed by atoms with Crippen LogP contribution in [0.15, 0.2) is 36.9 Å². The number of rotatable bonds is 9. The number of methoxy groups -OCH3 is 1. The van der Waals surface area contributed by atoms with Crippen LogP contribution >= 0.6 is 0 Å². The molecular formula is C25H32N2O7. The molecule has 3 unspecified atom stereocenters. The molecule has 1 aromatic carbocycles. The lowest BCUT2D eigenvalue weighted by atomic mass is 9.62. The summed E-state index contributed by atoms with van der Waals surface area (Å²) < 4.78 is 11.7. The second kappa shape index (κ2) is 8.70. The molecule has 1 aromatic rings. The van der Waals surface area contributed by atoms with E-state index in [0.29, 0.717) is 17.9 Å². The van der Waals surface area contributed by atoms with Gasteiger partial charge in [-0.05, 0) is 49.9 Å². The van der Waals surface area contributed by atoms with Crippen molar-refractivity contribution < 1.29 is 34.1 Å². The van der Waals surface area contributed by atoms with Gasteiger partial charge in [0.25, 0.3) is 5.91 Å². The van der Waals surface area contributed by atoms with Crippen molar-refractivity contribution in [2.24, 2.45) is 17.8 Å². The van der Waals surface area contributed by atoms with E-state index in [1.54, 1.807) is 44.4 Å². The Hall–Kier alpha value is -2.91. The fourth-order valence-electron chi connectivity index (χ4n) is 6.24. The Morgan fingerprint density at radius 1 is 1.35 bits per heavy atom. The summed E-state index contributed by atoms with van der Waals surface area (Å²) in [6.45, 7) is 7.60. The zero-order chi connectivity index (χ0) is 24.8. The van der Waals surface area contributed by atoms with Crippen molar-refractivity contribution in [3.05, 3.63) is 36.9 Å². The summed E-state index contributed by atoms with van der Waals surface area (Å²) in [6.07, 6.45) is 2.27. The first kappa shape index (κ1) is 24.2. The van der Waals surface area contributed by atoms with Gasteiger partial charge in [0.05, 0.1) is 18.6 Å². The molecule has 3 fully saturated rings. The highest BCUT2D eigenvalue weighted by atomic mass is 16.5. The fourth-order valence-corrected chi connectivity index (χ4v) is 6.24. The van der Waals surface area contributed by atoms with Gasteiger partial charge in [-0.25, -0.2) is 0 Å². The normalized spacial score (nSPS) is 33.6. The number of carbonyl (C=O) groups is 3. The number of nitrogens with zero attached hydrogens (tertiary/aromatic N) is 2. The molecule has 2 N–H and O–H groups in total. The number of carboxylic acids is 1. The van der Waals surface area contributed by atoms with E-state index in [0.717, 1.165) is 0 Å². The van der Waals surface area contributed by atoms with Crippen LogP contribution in [0.25, 0.3) is 0 Å². The summed E-state index contributed by atoms with van der Waals surface area (Å²) in [5.41, 5.74) is -1.69. The number of fused-ring (bicyclic) bond motifs is 1. The van der Waals surface area contributed by atoms with E-state index in [1.165, 1.54) is 9.80 Å². The highest BCUT2D eigenvalue weighted by Gasteiger charge is 2.80. The first-order valence-corrected chi connectivity index (χ1v) is 11.6. The Kier molecular flexibility index (Phi) is 6.20. The lowest BCUT2D eigenvalue weighted by molar-refractivity contribution is -0.156. The lowest BCUT2D eigenvalue weighted by Gasteiger charge is -2.37. The molecule has 2 amide bonds. The molecule has 0 aliphatic carbocycles. The maximum absolute atomic E-state index is 14.2. The number of aliphatic hydroxyl groups excluding tert-OH is 1. The molecule has 3 heterocycles. The molecule has 9 heteroatoms. The van der Waals surface area contributed by atoms with Gasteiger partial charge in [0.2, 0.25) is 5.91 Å². The Balaban J connectivity index is 1.80. The van der Waals surface area contributed by atoms with Crippen LogP contribution in [0.1, 0.15) is 26.7 Å². The molecule has 9 nitrogen and oxygen atoms in total. The minimum Gasteiger partial charge on any atom is -0.497 e. The molecule has 6 atom stereocenters. The molecule has 3 aliphatic rings. The van der Waals surface area contributed by atoms with Crippen molar-refractivity contribution in [3.63, 3.8) is 0 Å². The Morgan fingerprint density at radius 2 is 2.03 bits per heavy atom. The number of aliphatic hydroxyl groups is 1. The SMILES string of the molecule is C=CCN(C(=O)C1N(CCCO)C(=O)[C@@H]2[C@@H](C(=O)O)[C@]3(C)OC12CC3C)c1ccc(OC)cc1. The third-order valence-electron chi connectivity index (χ3n) is 7.83. The molecule has 2 bridgehead atoms. The maximum Gasteiger partial charge on any atom is 0.310 e. The molecular weight excluding hydrogens is 440 g/mol. The Labute approximate surface area is 198 Å². The van der Waals surface area contributed by atoms with Crippen LogP contribution in [0.5, 0.6) is 5.75 Å². The zero-order valence-electron chi connectivity index (χ0n) is 19.8. The van der Waals surface area contributed by atoms with Crippen molar-refractivity contribution in [2.75, 3.05) is 31.7 Å². The van der Waals surface area contributed by atoms with E-state index in [4.69, 9.17) is 9.47 Å². The zero-order valence-corrected chi connectivity index (χ0v) is 19.8. The first-order chi connectivity index (χ1) is 16.2. The van der Waals surface area contributed by atoms with Crippen LogP contribution in [-0.4, -0.2) is 76.9 Å². The van der Waals surface area contributed by atoms with Crippen LogP contribution in [-0.2, 0) is 19.1 Å². The number of amides is 2. The monoisotopic (exact) mass is 472 g/mol. The number of carboxylic acid groups (broad SMARTS) is 1. The number of carbonyl (C=O) groups excluding carboxylic acids is 2. The summed E-state index contributed by atoms with van der Waals surface area (Å²) in [7, 11) is 1.55. The van der Waals surface area contributed by atoms with Crippen LogP contribution in [0, 0.1) is 17.8 Å². The molecule has 3 aliphatic heterocycles. The third kappa shape index (κ3) is 3.32. The van der Waals surface area contributed by atoms with E-state index < -0.39 is 41.0 Å². The van der Waals surface area contributed by atoms with Crippen LogP contribution in [0.4, 0.5) is 5.69 Å². The number of aliphatic carboxylic acids is 1. The largest absolute Gasteiger partial charge is 0.497 e. The third-order valence-corrected chi connectivity index (χ3v) is 7.83. The predicted octanol–water partition coefficient (Wildman–Crippen LogP) is 1.69. The van der Waals surface area contributed by atoms with E-state index in [-0.39, 0.29) is 37.9 Å². The average Bonchev–Trinajstić information content (AvgIpc) is 3.32. The van der Waals surface area contributed by atoms with E-state index in [2.05, 4.69) is 6.58 Å². The van der Waals surface area contributed by atoms with Crippen molar-refractivity contribution in [2.45, 2.75) is 43.9 Å². The number of ether oxygens (including phenoxy) is 2. The van der Waals surface area contributed by atoms with Crippen molar-refractivity contribution in [1.29, 1.82) is 0 Å². The molecule has 1 spiro atoms. The first-order valence-electron chi connectivity index (χ1n) is 11.6. The highest BCUT2D eigenvalue weighted by Crippen LogP contribution is 2.65. The smallest absolute Gasteiger partial charge is 0.310 e. The van der Waals surface area contributed by atoms with Gasteiger partial charge in [-0.1, -0.05) is 13.0 Å². The molecule has 0 aromatic heterocycles. The van der Waals surface area contributed by atoms with E-state index in [9.17, 15) is 24.6 Å². The number of anilines is 1. The number of likely N-dealkylation sites (tertiary alicyclic amines) is 1. The predicted molar refractivity (Wildman–Crippen MR) is 123 cm³/mol. The number of hydrogen-bond acceptors (Lipinski definition) is 6. The summed E-state index contributed by atoms with van der Waals surface area (Å²) in [5.74, 6) is -3.38. The van der Waals surface area contributed by atoms with Crippen LogP contribution < -0.4 is 9.64 Å². The summed E-state index contributed by atoms with van der Waals surface area (Å²) in [4.78, 5) is 43.1. The topological polar surface area (TPSA) is 117 Å². The van der Waals surface area contributed by atoms with Gasteiger partial charge in [-0.3, -0.25) is 14.4 Å². The van der Waals surface area contributed by atoms with Crippen molar-refractivity contribution in [3.8, 4) is 5.75 Å². The molecule has 0 radical (unpaired) electrons. The molecule has 4 rings (SSSR count). The van der Waals surface area contributed by atoms with Crippen LogP contribution in [0.3, 0.4) is 0 Å². The van der Waals surface area contributed by atoms with Gasteiger partial charge >= 0.3 is 5.97 Å². The standard InChI is InChI=1S/C25H32N2O7/c1-5-11-26(16-7-9-17(33-4)10-8-16)22(30)20-25-14-15(2)24(3,34-25)19(23(31)32)18(25)21(29)27(20)12-6-13-28/h5,7-10,15,18-20,28H,1,6,11-14H2,2-4H3,(H,31,32)/t15?,18-,19-,20?,24+,25?/m0/s1. The van der Waals surface area contributed by atoms with E-state index >= 15 is 0 Å². The molecule has 3 saturated heterocycles. The molecule has 34 heavy (non-hydrogen) atoms. The van der Waals surface area contributed by atoms with Gasteiger partial charge in [-0.15, -0.1) is 6.58 Å². The van der Waals surface area contributed by atoms with Gasteiger partial charge in [0, 0.05) is 25.4 Å². The van der Waals surface area contributed by atoms with Gasteiger partial charge in [0.15, 0.2) is 0 Å². The fraction of sp³-hybridized carbons (Fsp3) is 0.560. The quantitative estimate of drug-likeness (QED) is 0.526. The van der Waals surface area contributed by atoms with Gasteiger partial charge in [-0.2, -0.15) is 0 Å². The highest BCUT2D eigenvalue weighted by molar-refractivity contribution is 6.04. The van der Waals surface area contributed by atoms with Crippen molar-refractivity contribution >= 4 is 23.5 Å². The van der Waals surface area contributed by atoms with E-state index in [1.807, 2.05) is 6.92 Å². The minimum atomic E-state index is -1.24. The Bertz CT molecular complexity index is 995. The van der Waals surface area contributed by atoms with Gasteiger partial charge in [0.1, 0.15) is 23.3 Å². The van der Waals surface area contributed by atoms with Crippen molar-refractivity contribution in [1.82, 2.24) is 4.90 Å². The molecule has 184 valence electrons. The summed E-state index contributed by atoms with van der Waals surface area (Å²) in [6, 6.07) is 5.98. The number of benzene rings is 1. The maximum atomic E-state index is 14.2. The average molecular weight is 473 g/mol. The summed E-state index contributed by atoms with van der Waals surface area (Å²) in [5, 5.41) is 19.5. The molecule has 0 saturated carbocycles. The second-order valence-corrected chi connectivity index (χ2v) is 9.59. The number of hydrogen-bond donors (Lipinski definition) is 2. The summed E-state index contributed by atoms with van der Waals surface area (Å²) >= 11 is 0. The van der Waals surface area contributed by atoms with Crippen LogP contribution in [0.2, 0.25) is 0 Å². The second-order valence-electron chi connectivity index (χ2n) is 9.59. The van der Waals surface area contributed by atoms with Gasteiger partial charge < -0.3 is 29.5 Å².